The van der Waals surface area contributed by atoms with Gasteiger partial charge in [0.15, 0.2) is 0 Å². The summed E-state index contributed by atoms with van der Waals surface area (Å²) >= 11 is 5.90. The Hall–Kier alpha value is -2.30. The summed E-state index contributed by atoms with van der Waals surface area (Å²) in [5.74, 6) is -1.75. The van der Waals surface area contributed by atoms with Crippen LogP contribution in [0, 0.1) is 6.92 Å². The van der Waals surface area contributed by atoms with Gasteiger partial charge in [-0.15, -0.1) is 0 Å². The maximum atomic E-state index is 12.7. The van der Waals surface area contributed by atoms with Crippen LogP contribution < -0.4 is 10.0 Å². The van der Waals surface area contributed by atoms with E-state index in [0.717, 1.165) is 23.8 Å². The molecule has 0 saturated heterocycles. The van der Waals surface area contributed by atoms with E-state index in [0.29, 0.717) is 12.6 Å². The first-order valence-corrected chi connectivity index (χ1v) is 9.60. The number of halogens is 4. The summed E-state index contributed by atoms with van der Waals surface area (Å²) < 4.78 is 65.4. The molecule has 0 bridgehead atoms. The Bertz CT molecular complexity index is 1010. The number of aliphatic hydroxyl groups is 1. The van der Waals surface area contributed by atoms with Gasteiger partial charge < -0.3 is 10.4 Å². The molecule has 1 atom stereocenters. The van der Waals surface area contributed by atoms with Gasteiger partial charge in [-0.05, 0) is 49.7 Å². The van der Waals surface area contributed by atoms with E-state index in [1.807, 2.05) is 5.32 Å². The van der Waals surface area contributed by atoms with Crippen LogP contribution >= 0.6 is 11.6 Å². The number of anilines is 2. The lowest BCUT2D eigenvalue weighted by atomic mass is 10.1. The van der Waals surface area contributed by atoms with Crippen molar-refractivity contribution in [2.75, 3.05) is 10.0 Å². The number of hydrogen-bond donors (Lipinski definition) is 3. The molecule has 152 valence electrons. The Balaban J connectivity index is 2.25. The van der Waals surface area contributed by atoms with E-state index >= 15 is 0 Å². The van der Waals surface area contributed by atoms with Gasteiger partial charge in [0.25, 0.3) is 15.9 Å². The number of nitrogens with one attached hydrogen (secondary N) is 2. The number of alkyl halides is 3. The second-order valence-electron chi connectivity index (χ2n) is 6.14. The van der Waals surface area contributed by atoms with Gasteiger partial charge in [-0.1, -0.05) is 23.7 Å². The topological polar surface area (TPSA) is 95.5 Å². The first-order chi connectivity index (χ1) is 12.7. The quantitative estimate of drug-likeness (QED) is 0.666. The predicted molar refractivity (Wildman–Crippen MR) is 98.7 cm³/mol. The van der Waals surface area contributed by atoms with Crippen molar-refractivity contribution in [1.82, 2.24) is 0 Å². The molecular formula is C17H16ClF3N2O4S. The van der Waals surface area contributed by atoms with Gasteiger partial charge in [0.1, 0.15) is 0 Å². The van der Waals surface area contributed by atoms with Crippen LogP contribution in [0.15, 0.2) is 47.4 Å². The van der Waals surface area contributed by atoms with E-state index in [2.05, 4.69) is 4.72 Å². The van der Waals surface area contributed by atoms with Gasteiger partial charge in [-0.2, -0.15) is 13.2 Å². The standard InChI is InChI=1S/C17H16ClF3N2O4S/c1-10-4-3-5-11(8-10)23-28(26,27)12-6-7-14(13(18)9-12)22-15(24)16(2,25)17(19,20)21/h3-9,23,25H,1-2H3,(H,22,24)/t16-/m1/s1. The third kappa shape index (κ3) is 4.75. The van der Waals surface area contributed by atoms with Gasteiger partial charge in [0.2, 0.25) is 5.60 Å². The van der Waals surface area contributed by atoms with Gasteiger partial charge in [-0.25, -0.2) is 8.42 Å². The van der Waals surface area contributed by atoms with Crippen molar-refractivity contribution < 1.29 is 31.5 Å². The van der Waals surface area contributed by atoms with Crippen molar-refractivity contribution in [2.45, 2.75) is 30.5 Å². The SMILES string of the molecule is Cc1cccc(NS(=O)(=O)c2ccc(NC(=O)[C@@](C)(O)C(F)(F)F)c(Cl)c2)c1. The number of rotatable bonds is 5. The second kappa shape index (κ2) is 7.61. The highest BCUT2D eigenvalue weighted by Crippen LogP contribution is 2.33. The number of hydrogen-bond acceptors (Lipinski definition) is 4. The average Bonchev–Trinajstić information content (AvgIpc) is 2.55. The number of amides is 1. The van der Waals surface area contributed by atoms with Gasteiger partial charge in [0.05, 0.1) is 15.6 Å². The van der Waals surface area contributed by atoms with Gasteiger partial charge in [-0.3, -0.25) is 9.52 Å². The fourth-order valence-corrected chi connectivity index (χ4v) is 3.43. The molecule has 0 unspecified atom stereocenters. The lowest BCUT2D eigenvalue weighted by Crippen LogP contribution is -2.52. The molecule has 0 aliphatic heterocycles. The summed E-state index contributed by atoms with van der Waals surface area (Å²) in [6.07, 6.45) is -5.20. The van der Waals surface area contributed by atoms with E-state index in [9.17, 15) is 31.5 Å². The van der Waals surface area contributed by atoms with E-state index < -0.39 is 27.7 Å². The molecule has 0 heterocycles. The number of carbonyl (C=O) groups excluding carboxylic acids is 1. The van der Waals surface area contributed by atoms with Crippen LogP contribution in [0.1, 0.15) is 12.5 Å². The Morgan fingerprint density at radius 3 is 2.32 bits per heavy atom. The highest BCUT2D eigenvalue weighted by Gasteiger charge is 2.55. The minimum Gasteiger partial charge on any atom is -0.373 e. The van der Waals surface area contributed by atoms with E-state index in [-0.39, 0.29) is 15.6 Å². The Morgan fingerprint density at radius 2 is 1.79 bits per heavy atom. The molecular weight excluding hydrogens is 421 g/mol. The molecule has 0 spiro atoms. The lowest BCUT2D eigenvalue weighted by molar-refractivity contribution is -0.242. The monoisotopic (exact) mass is 436 g/mol. The maximum Gasteiger partial charge on any atom is 0.426 e. The molecule has 11 heteroatoms. The van der Waals surface area contributed by atoms with Gasteiger partial charge >= 0.3 is 6.18 Å². The Kier molecular flexibility index (Phi) is 5.98. The van der Waals surface area contributed by atoms with Gasteiger partial charge in [0, 0.05) is 5.69 Å². The largest absolute Gasteiger partial charge is 0.426 e. The van der Waals surface area contributed by atoms with Crippen LogP contribution in [-0.4, -0.2) is 31.2 Å². The van der Waals surface area contributed by atoms with Crippen LogP contribution in [0.5, 0.6) is 0 Å². The maximum absolute atomic E-state index is 12.7. The molecule has 2 rings (SSSR count). The average molecular weight is 437 g/mol. The third-order valence-electron chi connectivity index (χ3n) is 3.76. The molecule has 28 heavy (non-hydrogen) atoms. The van der Waals surface area contributed by atoms with E-state index in [1.165, 1.54) is 0 Å². The summed E-state index contributed by atoms with van der Waals surface area (Å²) in [5, 5.41) is 10.9. The third-order valence-corrected chi connectivity index (χ3v) is 5.46. The number of aryl methyl sites for hydroxylation is 1. The molecule has 0 saturated carbocycles. The molecule has 0 aliphatic carbocycles. The first-order valence-electron chi connectivity index (χ1n) is 7.73. The molecule has 0 aromatic heterocycles. The molecule has 0 aliphatic rings. The Labute approximate surface area is 164 Å². The molecule has 6 nitrogen and oxygen atoms in total. The highest BCUT2D eigenvalue weighted by atomic mass is 35.5. The highest BCUT2D eigenvalue weighted by molar-refractivity contribution is 7.92. The van der Waals surface area contributed by atoms with Crippen LogP contribution in [0.2, 0.25) is 5.02 Å². The van der Waals surface area contributed by atoms with E-state index in [4.69, 9.17) is 11.6 Å². The Morgan fingerprint density at radius 1 is 1.14 bits per heavy atom. The summed E-state index contributed by atoms with van der Waals surface area (Å²) in [7, 11) is -4.03. The zero-order chi connectivity index (χ0) is 21.3. The van der Waals surface area contributed by atoms with Crippen molar-refractivity contribution in [1.29, 1.82) is 0 Å². The van der Waals surface area contributed by atoms with Crippen LogP contribution in [0.25, 0.3) is 0 Å². The summed E-state index contributed by atoms with van der Waals surface area (Å²) in [6, 6.07) is 9.64. The molecule has 0 radical (unpaired) electrons. The van der Waals surface area contributed by atoms with Crippen molar-refractivity contribution in [3.8, 4) is 0 Å². The zero-order valence-corrected chi connectivity index (χ0v) is 16.2. The number of carbonyl (C=O) groups is 1. The molecule has 2 aromatic rings. The first kappa shape index (κ1) is 22.0. The minimum absolute atomic E-state index is 0.264. The second-order valence-corrected chi connectivity index (χ2v) is 8.23. The summed E-state index contributed by atoms with van der Waals surface area (Å²) in [4.78, 5) is 11.5. The smallest absolute Gasteiger partial charge is 0.373 e. The zero-order valence-electron chi connectivity index (χ0n) is 14.6. The van der Waals surface area contributed by atoms with Crippen molar-refractivity contribution >= 4 is 38.9 Å². The molecule has 1 amide bonds. The summed E-state index contributed by atoms with van der Waals surface area (Å²) in [6.45, 7) is 2.07. The summed E-state index contributed by atoms with van der Waals surface area (Å²) in [5.41, 5.74) is -2.79. The van der Waals surface area contributed by atoms with E-state index in [1.54, 1.807) is 31.2 Å². The van der Waals surface area contributed by atoms with Crippen LogP contribution in [0.3, 0.4) is 0 Å². The van der Waals surface area contributed by atoms with Crippen LogP contribution in [-0.2, 0) is 14.8 Å². The molecule has 3 N–H and O–H groups in total. The fourth-order valence-electron chi connectivity index (χ4n) is 2.06. The minimum atomic E-state index is -5.20. The van der Waals surface area contributed by atoms with Crippen molar-refractivity contribution in [3.05, 3.63) is 53.1 Å². The lowest BCUT2D eigenvalue weighted by Gasteiger charge is -2.25. The fraction of sp³-hybridized carbons (Fsp3) is 0.235. The van der Waals surface area contributed by atoms with Crippen molar-refractivity contribution in [3.63, 3.8) is 0 Å². The predicted octanol–water partition coefficient (Wildman–Crippen LogP) is 3.70. The van der Waals surface area contributed by atoms with Crippen LogP contribution in [0.4, 0.5) is 24.5 Å². The molecule has 0 fully saturated rings. The number of sulfonamides is 1. The number of benzene rings is 2. The molecule has 2 aromatic carbocycles. The van der Waals surface area contributed by atoms with Crippen molar-refractivity contribution in [2.24, 2.45) is 0 Å². The normalized spacial score (nSPS) is 14.2.